The number of hydrogen-bond donors (Lipinski definition) is 2. The largest absolute Gasteiger partial charge is 0.361 e. The van der Waals surface area contributed by atoms with Crippen LogP contribution in [0.25, 0.3) is 10.9 Å². The predicted molar refractivity (Wildman–Crippen MR) is 90.0 cm³/mol. The zero-order chi connectivity index (χ0) is 14.8. The number of aryl methyl sites for hydroxylation is 1. The van der Waals surface area contributed by atoms with Crippen molar-refractivity contribution in [1.29, 1.82) is 0 Å². The summed E-state index contributed by atoms with van der Waals surface area (Å²) in [5, 5.41) is 1.93. The first kappa shape index (κ1) is 14.2. The van der Waals surface area contributed by atoms with Gasteiger partial charge in [-0.25, -0.2) is 0 Å². The van der Waals surface area contributed by atoms with E-state index in [2.05, 4.69) is 42.4 Å². The number of hydrogen-bond acceptors (Lipinski definition) is 1. The van der Waals surface area contributed by atoms with E-state index in [0.29, 0.717) is 12.5 Å². The second-order valence-corrected chi connectivity index (χ2v) is 5.93. The molecular formula is C18H19ClN2. The first-order valence-electron chi connectivity index (χ1n) is 7.20. The molecule has 2 nitrogen and oxygen atoms in total. The van der Waals surface area contributed by atoms with Gasteiger partial charge in [-0.05, 0) is 54.8 Å². The fourth-order valence-electron chi connectivity index (χ4n) is 2.88. The summed E-state index contributed by atoms with van der Waals surface area (Å²) in [5.41, 5.74) is 11.1. The summed E-state index contributed by atoms with van der Waals surface area (Å²) in [7, 11) is 0. The van der Waals surface area contributed by atoms with E-state index in [1.165, 1.54) is 22.1 Å². The number of nitrogens with two attached hydrogens (primary N) is 1. The van der Waals surface area contributed by atoms with Crippen LogP contribution in [0.5, 0.6) is 0 Å². The minimum absolute atomic E-state index is 0.290. The Hall–Kier alpha value is -1.77. The van der Waals surface area contributed by atoms with E-state index in [4.69, 9.17) is 17.3 Å². The van der Waals surface area contributed by atoms with Crippen molar-refractivity contribution in [2.75, 3.05) is 6.54 Å². The highest BCUT2D eigenvalue weighted by molar-refractivity contribution is 6.31. The van der Waals surface area contributed by atoms with E-state index < -0.39 is 0 Å². The van der Waals surface area contributed by atoms with Crippen LogP contribution in [-0.4, -0.2) is 11.5 Å². The second-order valence-electron chi connectivity index (χ2n) is 5.50. The van der Waals surface area contributed by atoms with Gasteiger partial charge in [-0.2, -0.15) is 0 Å². The predicted octanol–water partition coefficient (Wildman–Crippen LogP) is 4.41. The normalized spacial score (nSPS) is 12.7. The van der Waals surface area contributed by atoms with Gasteiger partial charge in [0.2, 0.25) is 0 Å². The second kappa shape index (κ2) is 5.92. The van der Waals surface area contributed by atoms with Crippen molar-refractivity contribution in [3.05, 3.63) is 70.4 Å². The number of halogens is 1. The molecule has 0 fully saturated rings. The third-order valence-electron chi connectivity index (χ3n) is 4.13. The van der Waals surface area contributed by atoms with Gasteiger partial charge in [-0.3, -0.25) is 0 Å². The van der Waals surface area contributed by atoms with Crippen LogP contribution in [0.2, 0.25) is 5.02 Å². The maximum atomic E-state index is 6.14. The zero-order valence-electron chi connectivity index (χ0n) is 12.1. The highest BCUT2D eigenvalue weighted by atomic mass is 35.5. The van der Waals surface area contributed by atoms with Gasteiger partial charge in [-0.15, -0.1) is 0 Å². The topological polar surface area (TPSA) is 41.8 Å². The van der Waals surface area contributed by atoms with E-state index in [1.807, 2.05) is 18.2 Å². The first-order valence-corrected chi connectivity index (χ1v) is 7.58. The molecule has 1 aromatic heterocycles. The fraction of sp³-hybridized carbons (Fsp3) is 0.222. The lowest BCUT2D eigenvalue weighted by atomic mass is 9.90. The summed E-state index contributed by atoms with van der Waals surface area (Å²) in [4.78, 5) is 3.32. The lowest BCUT2D eigenvalue weighted by Gasteiger charge is -2.16. The van der Waals surface area contributed by atoms with Crippen LogP contribution >= 0.6 is 11.6 Å². The molecule has 3 rings (SSSR count). The third kappa shape index (κ3) is 2.82. The highest BCUT2D eigenvalue weighted by Crippen LogP contribution is 2.30. The maximum Gasteiger partial charge on any atom is 0.0457 e. The molecule has 0 aliphatic carbocycles. The Morgan fingerprint density at radius 3 is 2.76 bits per heavy atom. The van der Waals surface area contributed by atoms with Crippen LogP contribution < -0.4 is 5.73 Å². The van der Waals surface area contributed by atoms with Crippen LogP contribution in [0.3, 0.4) is 0 Å². The van der Waals surface area contributed by atoms with Gasteiger partial charge in [0.05, 0.1) is 0 Å². The average Bonchev–Trinajstić information content (AvgIpc) is 2.89. The van der Waals surface area contributed by atoms with Crippen molar-refractivity contribution < 1.29 is 0 Å². The lowest BCUT2D eigenvalue weighted by molar-refractivity contribution is 0.697. The van der Waals surface area contributed by atoms with Crippen molar-refractivity contribution in [3.63, 3.8) is 0 Å². The van der Waals surface area contributed by atoms with Crippen molar-refractivity contribution in [3.8, 4) is 0 Å². The van der Waals surface area contributed by atoms with Gasteiger partial charge in [-0.1, -0.05) is 35.9 Å². The number of benzene rings is 2. The van der Waals surface area contributed by atoms with Crippen LogP contribution in [0, 0.1) is 6.92 Å². The number of H-pyrrole nitrogens is 1. The molecule has 0 saturated heterocycles. The number of aromatic amines is 1. The molecule has 3 N–H and O–H groups in total. The Labute approximate surface area is 129 Å². The quantitative estimate of drug-likeness (QED) is 0.736. The van der Waals surface area contributed by atoms with Crippen LogP contribution in [0.1, 0.15) is 22.6 Å². The molecule has 108 valence electrons. The fourth-order valence-corrected chi connectivity index (χ4v) is 3.05. The Bertz CT molecular complexity index is 761. The van der Waals surface area contributed by atoms with Crippen molar-refractivity contribution >= 4 is 22.5 Å². The molecule has 0 bridgehead atoms. The van der Waals surface area contributed by atoms with E-state index in [1.54, 1.807) is 0 Å². The highest BCUT2D eigenvalue weighted by Gasteiger charge is 2.16. The summed E-state index contributed by atoms with van der Waals surface area (Å²) >= 11 is 6.14. The standard InChI is InChI=1S/C18H19ClN2/c1-12-4-2-3-5-13(12)8-14(10-20)17-11-21-18-7-6-15(19)9-16(17)18/h2-7,9,11,14,21H,8,10,20H2,1H3. The Morgan fingerprint density at radius 1 is 1.19 bits per heavy atom. The van der Waals surface area contributed by atoms with Gasteiger partial charge in [0.25, 0.3) is 0 Å². The van der Waals surface area contributed by atoms with Gasteiger partial charge in [0.15, 0.2) is 0 Å². The number of rotatable bonds is 4. The Kier molecular flexibility index (Phi) is 4.00. The van der Waals surface area contributed by atoms with Gasteiger partial charge < -0.3 is 10.7 Å². The molecule has 3 heteroatoms. The van der Waals surface area contributed by atoms with Crippen LogP contribution in [-0.2, 0) is 6.42 Å². The molecule has 0 aliphatic rings. The molecule has 1 heterocycles. The third-order valence-corrected chi connectivity index (χ3v) is 4.36. The molecule has 1 unspecified atom stereocenters. The molecule has 21 heavy (non-hydrogen) atoms. The van der Waals surface area contributed by atoms with Gasteiger partial charge in [0, 0.05) is 28.0 Å². The molecule has 0 spiro atoms. The van der Waals surface area contributed by atoms with Gasteiger partial charge >= 0.3 is 0 Å². The summed E-state index contributed by atoms with van der Waals surface area (Å²) in [6.07, 6.45) is 3.01. The van der Waals surface area contributed by atoms with E-state index in [9.17, 15) is 0 Å². The summed E-state index contributed by atoms with van der Waals surface area (Å²) in [6, 6.07) is 14.4. The minimum Gasteiger partial charge on any atom is -0.361 e. The summed E-state index contributed by atoms with van der Waals surface area (Å²) < 4.78 is 0. The molecule has 0 radical (unpaired) electrons. The molecular weight excluding hydrogens is 280 g/mol. The number of aromatic nitrogens is 1. The Balaban J connectivity index is 1.99. The summed E-state index contributed by atoms with van der Waals surface area (Å²) in [5.74, 6) is 0.290. The first-order chi connectivity index (χ1) is 10.2. The Morgan fingerprint density at radius 2 is 2.00 bits per heavy atom. The molecule has 3 aromatic rings. The van der Waals surface area contributed by atoms with Gasteiger partial charge in [0.1, 0.15) is 0 Å². The monoisotopic (exact) mass is 298 g/mol. The van der Waals surface area contributed by atoms with Crippen LogP contribution in [0.4, 0.5) is 0 Å². The van der Waals surface area contributed by atoms with Crippen LogP contribution in [0.15, 0.2) is 48.7 Å². The molecule has 1 atom stereocenters. The number of nitrogens with one attached hydrogen (secondary N) is 1. The average molecular weight is 299 g/mol. The maximum absolute atomic E-state index is 6.14. The molecule has 0 amide bonds. The van der Waals surface area contributed by atoms with Crippen molar-refractivity contribution in [2.45, 2.75) is 19.3 Å². The number of fused-ring (bicyclic) bond motifs is 1. The molecule has 0 saturated carbocycles. The van der Waals surface area contributed by atoms with Crippen molar-refractivity contribution in [1.82, 2.24) is 4.98 Å². The SMILES string of the molecule is Cc1ccccc1CC(CN)c1c[nH]c2ccc(Cl)cc12. The summed E-state index contributed by atoms with van der Waals surface area (Å²) in [6.45, 7) is 2.77. The van der Waals surface area contributed by atoms with E-state index in [-0.39, 0.29) is 0 Å². The smallest absolute Gasteiger partial charge is 0.0457 e. The minimum atomic E-state index is 0.290. The zero-order valence-corrected chi connectivity index (χ0v) is 12.8. The van der Waals surface area contributed by atoms with E-state index >= 15 is 0 Å². The molecule has 2 aromatic carbocycles. The van der Waals surface area contributed by atoms with Crippen molar-refractivity contribution in [2.24, 2.45) is 5.73 Å². The van der Waals surface area contributed by atoms with E-state index in [0.717, 1.165) is 17.0 Å². The molecule has 0 aliphatic heterocycles. The lowest BCUT2D eigenvalue weighted by Crippen LogP contribution is -2.15.